The number of nitrogens with zero attached hydrogens (tertiary/aromatic N) is 3. The molecule has 4 rings (SSSR count). The zero-order valence-corrected chi connectivity index (χ0v) is 20.7. The van der Waals surface area contributed by atoms with Crippen LogP contribution in [0.25, 0.3) is 22.5 Å². The van der Waals surface area contributed by atoms with Crippen molar-refractivity contribution in [1.82, 2.24) is 15.2 Å². The third kappa shape index (κ3) is 6.39. The summed E-state index contributed by atoms with van der Waals surface area (Å²) in [7, 11) is 0. The molecule has 0 amide bonds. The molecule has 34 heavy (non-hydrogen) atoms. The summed E-state index contributed by atoms with van der Waals surface area (Å²) >= 11 is 0. The highest BCUT2D eigenvalue weighted by molar-refractivity contribution is 5.90. The molecule has 1 aliphatic carbocycles. The minimum Gasteiger partial charge on any atom is -0.402 e. The van der Waals surface area contributed by atoms with E-state index in [1.54, 1.807) is 18.2 Å². The van der Waals surface area contributed by atoms with Crippen molar-refractivity contribution in [1.29, 1.82) is 0 Å². The Morgan fingerprint density at radius 3 is 2.18 bits per heavy atom. The topological polar surface area (TPSA) is 89.9 Å². The molecule has 3 aromatic rings. The van der Waals surface area contributed by atoms with Crippen LogP contribution in [0.15, 0.2) is 22.6 Å². The van der Waals surface area contributed by atoms with Crippen LogP contribution in [-0.4, -0.2) is 27.9 Å². The number of nitrogens with two attached hydrogens (primary N) is 1. The molecule has 2 aromatic heterocycles. The van der Waals surface area contributed by atoms with Gasteiger partial charge in [0.25, 0.3) is 5.89 Å². The van der Waals surface area contributed by atoms with E-state index in [9.17, 15) is 13.2 Å². The van der Waals surface area contributed by atoms with Crippen molar-refractivity contribution in [3.8, 4) is 11.6 Å². The highest BCUT2D eigenvalue weighted by Gasteiger charge is 2.27. The van der Waals surface area contributed by atoms with E-state index in [0.29, 0.717) is 16.9 Å². The van der Waals surface area contributed by atoms with Gasteiger partial charge in [0.15, 0.2) is 0 Å². The average molecular weight is 478 g/mol. The van der Waals surface area contributed by atoms with Gasteiger partial charge in [0.2, 0.25) is 0 Å². The number of alkyl halides is 3. The highest BCUT2D eigenvalue weighted by atomic mass is 19.4. The molecule has 2 atom stereocenters. The predicted octanol–water partition coefficient (Wildman–Crippen LogP) is 6.89. The number of rotatable bonds is 3. The Morgan fingerprint density at radius 1 is 1.06 bits per heavy atom. The standard InChI is InChI=1S/C18H20F3N5O.C7H14/c1-9-5-13(15-25-26-16(22)27-15)24-14-11(9)6-10(23-8-18(19,20)21)7-12(14)17(2,3)4;1-6-4-3-5-7(6)2/h5-7,23H,8H2,1-4H3,(H2,22,26);6-7H,3-5H2,1-2H3. The van der Waals surface area contributed by atoms with E-state index in [2.05, 4.69) is 34.3 Å². The fraction of sp³-hybridized carbons (Fsp3) is 0.560. The summed E-state index contributed by atoms with van der Waals surface area (Å²) < 4.78 is 43.1. The molecule has 1 aromatic carbocycles. The second kappa shape index (κ2) is 9.80. The first-order valence-corrected chi connectivity index (χ1v) is 11.6. The Labute approximate surface area is 198 Å². The number of anilines is 2. The Bertz CT molecular complexity index is 1130. The fourth-order valence-corrected chi connectivity index (χ4v) is 4.15. The van der Waals surface area contributed by atoms with Crippen molar-refractivity contribution in [3.63, 3.8) is 0 Å². The SMILES string of the molecule is CC1CCCC1C.Cc1cc(-c2nnc(N)o2)nc2c(C(C)(C)C)cc(NCC(F)(F)F)cc12. The number of nitrogens with one attached hydrogen (secondary N) is 1. The number of nitrogen functional groups attached to an aromatic ring is 1. The van der Waals surface area contributed by atoms with E-state index in [0.717, 1.165) is 28.3 Å². The summed E-state index contributed by atoms with van der Waals surface area (Å²) in [4.78, 5) is 4.63. The molecular formula is C25H34F3N5O. The van der Waals surface area contributed by atoms with E-state index in [1.807, 2.05) is 27.7 Å². The number of aromatic nitrogens is 3. The molecular weight excluding hydrogens is 443 g/mol. The Morgan fingerprint density at radius 2 is 1.71 bits per heavy atom. The van der Waals surface area contributed by atoms with Crippen LogP contribution in [0.3, 0.4) is 0 Å². The lowest BCUT2D eigenvalue weighted by molar-refractivity contribution is -0.115. The van der Waals surface area contributed by atoms with Gasteiger partial charge >= 0.3 is 12.2 Å². The Balaban J connectivity index is 0.000000396. The molecule has 0 aliphatic heterocycles. The lowest BCUT2D eigenvalue weighted by atomic mass is 9.84. The zero-order chi connectivity index (χ0) is 25.3. The Hall–Kier alpha value is -2.84. The van der Waals surface area contributed by atoms with Crippen molar-refractivity contribution >= 4 is 22.6 Å². The molecule has 0 saturated heterocycles. The first-order valence-electron chi connectivity index (χ1n) is 11.6. The van der Waals surface area contributed by atoms with Crippen molar-refractivity contribution < 1.29 is 17.6 Å². The van der Waals surface area contributed by atoms with Crippen LogP contribution < -0.4 is 11.1 Å². The highest BCUT2D eigenvalue weighted by Crippen LogP contribution is 2.35. The lowest BCUT2D eigenvalue weighted by Gasteiger charge is -2.23. The lowest BCUT2D eigenvalue weighted by Crippen LogP contribution is -2.22. The quantitative estimate of drug-likeness (QED) is 0.427. The van der Waals surface area contributed by atoms with Crippen molar-refractivity contribution in [2.24, 2.45) is 11.8 Å². The molecule has 0 spiro atoms. The van der Waals surface area contributed by atoms with Crippen LogP contribution in [0.2, 0.25) is 0 Å². The van der Waals surface area contributed by atoms with Crippen LogP contribution in [0.5, 0.6) is 0 Å². The first-order chi connectivity index (χ1) is 15.7. The number of hydrogen-bond acceptors (Lipinski definition) is 6. The molecule has 186 valence electrons. The average Bonchev–Trinajstić information content (AvgIpc) is 3.33. The molecule has 2 unspecified atom stereocenters. The van der Waals surface area contributed by atoms with Crippen LogP contribution in [0, 0.1) is 18.8 Å². The first kappa shape index (κ1) is 25.8. The minimum atomic E-state index is -4.30. The van der Waals surface area contributed by atoms with Crippen LogP contribution in [0.4, 0.5) is 24.9 Å². The molecule has 1 saturated carbocycles. The van der Waals surface area contributed by atoms with E-state index in [-0.39, 0.29) is 17.3 Å². The van der Waals surface area contributed by atoms with Gasteiger partial charge in [0.1, 0.15) is 12.2 Å². The number of halogens is 3. The van der Waals surface area contributed by atoms with Gasteiger partial charge in [-0.1, -0.05) is 59.0 Å². The van der Waals surface area contributed by atoms with Crippen LogP contribution in [0.1, 0.15) is 65.0 Å². The van der Waals surface area contributed by atoms with Gasteiger partial charge in [0.05, 0.1) is 5.52 Å². The monoisotopic (exact) mass is 477 g/mol. The molecule has 9 heteroatoms. The largest absolute Gasteiger partial charge is 0.405 e. The summed E-state index contributed by atoms with van der Waals surface area (Å²) in [5, 5.41) is 10.7. The maximum absolute atomic E-state index is 12.6. The summed E-state index contributed by atoms with van der Waals surface area (Å²) in [6.07, 6.45) is 0.122. The molecule has 0 bridgehead atoms. The third-order valence-corrected chi connectivity index (χ3v) is 6.37. The second-order valence-corrected chi connectivity index (χ2v) is 10.3. The fourth-order valence-electron chi connectivity index (χ4n) is 4.15. The second-order valence-electron chi connectivity index (χ2n) is 10.3. The van der Waals surface area contributed by atoms with Gasteiger partial charge in [-0.2, -0.15) is 13.2 Å². The maximum Gasteiger partial charge on any atom is 0.405 e. The maximum atomic E-state index is 12.6. The number of aryl methyl sites for hydroxylation is 1. The Kier molecular flexibility index (Phi) is 7.43. The minimum absolute atomic E-state index is 0.0627. The summed E-state index contributed by atoms with van der Waals surface area (Å²) in [5.74, 6) is 2.22. The van der Waals surface area contributed by atoms with E-state index < -0.39 is 12.7 Å². The smallest absolute Gasteiger partial charge is 0.402 e. The van der Waals surface area contributed by atoms with Gasteiger partial charge in [-0.15, -0.1) is 5.10 Å². The molecule has 3 N–H and O–H groups in total. The molecule has 0 radical (unpaired) electrons. The molecule has 1 aliphatic rings. The van der Waals surface area contributed by atoms with E-state index >= 15 is 0 Å². The van der Waals surface area contributed by atoms with Gasteiger partial charge in [-0.25, -0.2) is 4.98 Å². The summed E-state index contributed by atoms with van der Waals surface area (Å²) in [6, 6.07) is 5.05. The molecule has 6 nitrogen and oxygen atoms in total. The van der Waals surface area contributed by atoms with Gasteiger partial charge in [0, 0.05) is 11.1 Å². The zero-order valence-electron chi connectivity index (χ0n) is 20.7. The normalized spacial score (nSPS) is 18.6. The van der Waals surface area contributed by atoms with E-state index in [1.165, 1.54) is 19.3 Å². The van der Waals surface area contributed by atoms with Crippen LogP contribution in [-0.2, 0) is 5.41 Å². The molecule has 1 fully saturated rings. The predicted molar refractivity (Wildman–Crippen MR) is 130 cm³/mol. The van der Waals surface area contributed by atoms with E-state index in [4.69, 9.17) is 10.2 Å². The summed E-state index contributed by atoms with van der Waals surface area (Å²) in [6.45, 7) is 11.4. The van der Waals surface area contributed by atoms with Gasteiger partial charge in [-0.05, 0) is 53.5 Å². The number of pyridine rings is 1. The number of benzene rings is 1. The van der Waals surface area contributed by atoms with Crippen molar-refractivity contribution in [2.45, 2.75) is 72.4 Å². The number of fused-ring (bicyclic) bond motifs is 1. The van der Waals surface area contributed by atoms with Crippen molar-refractivity contribution in [3.05, 3.63) is 29.3 Å². The molecule has 2 heterocycles. The summed E-state index contributed by atoms with van der Waals surface area (Å²) in [5.41, 5.74) is 8.30. The van der Waals surface area contributed by atoms with Gasteiger partial charge < -0.3 is 15.5 Å². The van der Waals surface area contributed by atoms with Crippen molar-refractivity contribution in [2.75, 3.05) is 17.6 Å². The third-order valence-electron chi connectivity index (χ3n) is 6.37. The van der Waals surface area contributed by atoms with Crippen LogP contribution >= 0.6 is 0 Å². The number of hydrogen-bond donors (Lipinski definition) is 2. The van der Waals surface area contributed by atoms with Gasteiger partial charge in [-0.3, -0.25) is 0 Å².